The maximum absolute atomic E-state index is 5.15. The van der Waals surface area contributed by atoms with Crippen molar-refractivity contribution < 1.29 is 4.84 Å². The van der Waals surface area contributed by atoms with E-state index in [1.165, 1.54) is 0 Å². The lowest BCUT2D eigenvalue weighted by Crippen LogP contribution is -2.11. The Morgan fingerprint density at radius 2 is 2.54 bits per heavy atom. The van der Waals surface area contributed by atoms with Gasteiger partial charge in [0.05, 0.1) is 11.4 Å². The minimum absolute atomic E-state index is 0.489. The zero-order valence-corrected chi connectivity index (χ0v) is 7.11. The normalized spacial score (nSPS) is 14.5. The lowest BCUT2D eigenvalue weighted by Gasteiger charge is -2.12. The van der Waals surface area contributed by atoms with Crippen LogP contribution in [0.5, 0.6) is 0 Å². The molecule has 0 amide bonds. The van der Waals surface area contributed by atoms with Crippen molar-refractivity contribution in [2.24, 2.45) is 0 Å². The Kier molecular flexibility index (Phi) is 1.16. The van der Waals surface area contributed by atoms with Crippen LogP contribution in [0.15, 0.2) is 12.4 Å². The molecule has 3 rings (SSSR count). The van der Waals surface area contributed by atoms with Gasteiger partial charge >= 0.3 is 0 Å². The van der Waals surface area contributed by atoms with E-state index in [4.69, 9.17) is 4.84 Å². The molecule has 0 aliphatic carbocycles. The van der Waals surface area contributed by atoms with Crippen LogP contribution < -0.4 is 5.48 Å². The minimum Gasteiger partial charge on any atom is -0.270 e. The van der Waals surface area contributed by atoms with E-state index < -0.39 is 0 Å². The van der Waals surface area contributed by atoms with E-state index in [1.54, 1.807) is 6.33 Å². The van der Waals surface area contributed by atoms with Crippen LogP contribution in [0.2, 0.25) is 0 Å². The van der Waals surface area contributed by atoms with E-state index >= 15 is 0 Å². The van der Waals surface area contributed by atoms with Gasteiger partial charge in [0.2, 0.25) is 0 Å². The van der Waals surface area contributed by atoms with Gasteiger partial charge < -0.3 is 0 Å². The van der Waals surface area contributed by atoms with Gasteiger partial charge in [-0.1, -0.05) is 0 Å². The summed E-state index contributed by atoms with van der Waals surface area (Å²) in [4.78, 5) is 9.30. The van der Waals surface area contributed by atoms with Crippen molar-refractivity contribution in [1.82, 2.24) is 14.6 Å². The Morgan fingerprint density at radius 3 is 3.46 bits per heavy atom. The third-order valence-electron chi connectivity index (χ3n) is 2.20. The fourth-order valence-electron chi connectivity index (χ4n) is 1.63. The van der Waals surface area contributed by atoms with Crippen molar-refractivity contribution in [2.75, 3.05) is 5.48 Å². The summed E-state index contributed by atoms with van der Waals surface area (Å²) in [5.74, 6) is 0. The summed E-state index contributed by atoms with van der Waals surface area (Å²) in [5, 5.41) is 4.15. The van der Waals surface area contributed by atoms with Gasteiger partial charge in [-0.25, -0.2) is 9.50 Å². The summed E-state index contributed by atoms with van der Waals surface area (Å²) in [6.45, 7) is 2.49. The highest BCUT2D eigenvalue weighted by atomic mass is 16.6. The molecule has 0 fully saturated rings. The van der Waals surface area contributed by atoms with Crippen molar-refractivity contribution in [3.8, 4) is 0 Å². The molecule has 2 aromatic heterocycles. The average Bonchev–Trinajstić information content (AvgIpc) is 2.47. The Balaban J connectivity index is 2.51. The molecule has 0 radical (unpaired) electrons. The standard InChI is InChI=1S/C8H8N4O/c1-5-2-6-8-7(3-13-11-6)9-4-10-12(5)8/h2,4,11H,3H2,1H3. The molecule has 0 bridgehead atoms. The number of nitrogens with one attached hydrogen (secondary N) is 1. The van der Waals surface area contributed by atoms with Gasteiger partial charge in [0, 0.05) is 5.69 Å². The van der Waals surface area contributed by atoms with Crippen LogP contribution >= 0.6 is 0 Å². The van der Waals surface area contributed by atoms with Gasteiger partial charge in [-0.2, -0.15) is 5.10 Å². The molecule has 0 saturated heterocycles. The zero-order valence-electron chi connectivity index (χ0n) is 7.11. The van der Waals surface area contributed by atoms with E-state index in [2.05, 4.69) is 15.6 Å². The first-order valence-electron chi connectivity index (χ1n) is 4.06. The number of rotatable bonds is 0. The second-order valence-electron chi connectivity index (χ2n) is 3.06. The number of aryl methyl sites for hydroxylation is 1. The molecular formula is C8H8N4O. The summed E-state index contributed by atoms with van der Waals surface area (Å²) < 4.78 is 1.87. The highest BCUT2D eigenvalue weighted by Crippen LogP contribution is 2.26. The van der Waals surface area contributed by atoms with E-state index in [1.807, 2.05) is 17.5 Å². The van der Waals surface area contributed by atoms with Crippen LogP contribution in [0.3, 0.4) is 0 Å². The molecular weight excluding hydrogens is 168 g/mol. The fourth-order valence-corrected chi connectivity index (χ4v) is 1.63. The van der Waals surface area contributed by atoms with Gasteiger partial charge in [-0.15, -0.1) is 0 Å². The molecule has 2 aromatic rings. The van der Waals surface area contributed by atoms with Crippen molar-refractivity contribution >= 4 is 11.2 Å². The molecule has 0 spiro atoms. The third kappa shape index (κ3) is 0.790. The molecule has 1 aliphatic heterocycles. The first-order valence-corrected chi connectivity index (χ1v) is 4.06. The van der Waals surface area contributed by atoms with Crippen molar-refractivity contribution in [2.45, 2.75) is 13.5 Å². The van der Waals surface area contributed by atoms with Crippen LogP contribution in [0.4, 0.5) is 5.69 Å². The summed E-state index contributed by atoms with van der Waals surface area (Å²) >= 11 is 0. The molecule has 0 atom stereocenters. The summed E-state index contributed by atoms with van der Waals surface area (Å²) in [6, 6.07) is 1.99. The maximum atomic E-state index is 5.15. The van der Waals surface area contributed by atoms with E-state index in [0.29, 0.717) is 6.61 Å². The predicted octanol–water partition coefficient (Wildman–Crippen LogP) is 0.895. The summed E-state index contributed by atoms with van der Waals surface area (Å²) in [7, 11) is 0. The molecule has 1 N–H and O–H groups in total. The lowest BCUT2D eigenvalue weighted by atomic mass is 10.3. The second kappa shape index (κ2) is 2.20. The molecule has 5 nitrogen and oxygen atoms in total. The smallest absolute Gasteiger partial charge is 0.136 e. The van der Waals surface area contributed by atoms with Crippen LogP contribution in [0, 0.1) is 6.92 Å². The quantitative estimate of drug-likeness (QED) is 0.647. The predicted molar refractivity (Wildman–Crippen MR) is 46.1 cm³/mol. The van der Waals surface area contributed by atoms with Gasteiger partial charge in [0.1, 0.15) is 18.5 Å². The molecule has 3 heterocycles. The van der Waals surface area contributed by atoms with Gasteiger partial charge in [-0.05, 0) is 13.0 Å². The number of hydrogen-bond donors (Lipinski definition) is 1. The molecule has 1 aliphatic rings. The first-order chi connectivity index (χ1) is 6.36. The topological polar surface area (TPSA) is 51.5 Å². The molecule has 0 saturated carbocycles. The summed E-state index contributed by atoms with van der Waals surface area (Å²) in [6.07, 6.45) is 1.55. The van der Waals surface area contributed by atoms with Gasteiger partial charge in [0.25, 0.3) is 0 Å². The number of anilines is 1. The van der Waals surface area contributed by atoms with Crippen molar-refractivity contribution in [3.05, 3.63) is 23.8 Å². The van der Waals surface area contributed by atoms with Crippen LogP contribution in [0.25, 0.3) is 5.52 Å². The highest BCUT2D eigenvalue weighted by molar-refractivity contribution is 5.76. The van der Waals surface area contributed by atoms with E-state index in [9.17, 15) is 0 Å². The molecule has 0 unspecified atom stereocenters. The van der Waals surface area contributed by atoms with E-state index in [0.717, 1.165) is 22.6 Å². The number of hydrogen-bond acceptors (Lipinski definition) is 4. The average molecular weight is 176 g/mol. The highest BCUT2D eigenvalue weighted by Gasteiger charge is 2.16. The van der Waals surface area contributed by atoms with Crippen LogP contribution in [0.1, 0.15) is 11.4 Å². The third-order valence-corrected chi connectivity index (χ3v) is 2.20. The van der Waals surface area contributed by atoms with Crippen LogP contribution in [-0.4, -0.2) is 14.6 Å². The Morgan fingerprint density at radius 1 is 1.62 bits per heavy atom. The maximum Gasteiger partial charge on any atom is 0.136 e. The fraction of sp³-hybridized carbons (Fsp3) is 0.250. The second-order valence-corrected chi connectivity index (χ2v) is 3.06. The van der Waals surface area contributed by atoms with Crippen molar-refractivity contribution in [1.29, 1.82) is 0 Å². The van der Waals surface area contributed by atoms with Crippen molar-refractivity contribution in [3.63, 3.8) is 0 Å². The Labute approximate surface area is 74.3 Å². The lowest BCUT2D eigenvalue weighted by molar-refractivity contribution is 0.173. The van der Waals surface area contributed by atoms with Crippen LogP contribution in [-0.2, 0) is 11.4 Å². The SMILES string of the molecule is Cc1cc2c3c(ncnn13)CON2. The monoisotopic (exact) mass is 176 g/mol. The zero-order chi connectivity index (χ0) is 8.84. The van der Waals surface area contributed by atoms with Gasteiger partial charge in [0.15, 0.2) is 0 Å². The molecule has 13 heavy (non-hydrogen) atoms. The largest absolute Gasteiger partial charge is 0.270 e. The molecule has 66 valence electrons. The van der Waals surface area contributed by atoms with E-state index in [-0.39, 0.29) is 0 Å². The first kappa shape index (κ1) is 6.85. The Bertz CT molecular complexity index is 476. The number of nitrogens with zero attached hydrogens (tertiary/aromatic N) is 3. The molecule has 0 aromatic carbocycles. The minimum atomic E-state index is 0.489. The number of aromatic nitrogens is 3. The summed E-state index contributed by atoms with van der Waals surface area (Å²) in [5.41, 5.74) is 6.81. The Hall–Kier alpha value is -1.62. The molecule has 5 heteroatoms. The van der Waals surface area contributed by atoms with Gasteiger partial charge in [-0.3, -0.25) is 10.3 Å².